The van der Waals surface area contributed by atoms with Crippen molar-refractivity contribution >= 4 is 23.4 Å². The van der Waals surface area contributed by atoms with Crippen LogP contribution in [0.1, 0.15) is 84.5 Å². The first kappa shape index (κ1) is 24.0. The summed E-state index contributed by atoms with van der Waals surface area (Å²) in [4.78, 5) is 41.6. The molecule has 1 fully saturated rings. The number of anilines is 1. The molecule has 1 aliphatic carbocycles. The summed E-state index contributed by atoms with van der Waals surface area (Å²) in [5.74, 6) is -0.785. The Morgan fingerprint density at radius 3 is 2.59 bits per heavy atom. The molecule has 1 aliphatic heterocycles. The van der Waals surface area contributed by atoms with Crippen molar-refractivity contribution < 1.29 is 14.4 Å². The van der Waals surface area contributed by atoms with Crippen molar-refractivity contribution in [3.05, 3.63) is 46.8 Å². The van der Waals surface area contributed by atoms with Crippen molar-refractivity contribution in [2.75, 3.05) is 11.9 Å². The third-order valence-electron chi connectivity index (χ3n) is 7.08. The molecule has 4 rings (SSSR count). The third kappa shape index (κ3) is 4.58. The Hall–Kier alpha value is -3.16. The molecule has 8 nitrogen and oxygen atoms in total. The van der Waals surface area contributed by atoms with Crippen molar-refractivity contribution in [1.29, 1.82) is 0 Å². The number of nitrogens with zero attached hydrogens (tertiary/aromatic N) is 3. The molecule has 1 saturated carbocycles. The number of aromatic nitrogens is 2. The van der Waals surface area contributed by atoms with Crippen LogP contribution in [0, 0.1) is 13.8 Å². The molecule has 8 heteroatoms. The number of hydrogen-bond donors (Lipinski definition) is 2. The molecule has 34 heavy (non-hydrogen) atoms. The Balaban J connectivity index is 1.60. The second-order valence-electron chi connectivity index (χ2n) is 9.88. The Labute approximate surface area is 201 Å². The van der Waals surface area contributed by atoms with Crippen LogP contribution in [0.25, 0.3) is 0 Å². The highest BCUT2D eigenvalue weighted by atomic mass is 16.2. The highest BCUT2D eigenvalue weighted by Gasteiger charge is 2.48. The van der Waals surface area contributed by atoms with Crippen LogP contribution < -0.4 is 10.6 Å². The largest absolute Gasteiger partial charge is 0.351 e. The first-order valence-electron chi connectivity index (χ1n) is 12.3. The maximum Gasteiger partial charge on any atom is 0.276 e. The minimum absolute atomic E-state index is 0.147. The molecule has 0 bridgehead atoms. The molecular weight excluding hydrogens is 430 g/mol. The van der Waals surface area contributed by atoms with Gasteiger partial charge in [-0.05, 0) is 51.7 Å². The van der Waals surface area contributed by atoms with E-state index in [-0.39, 0.29) is 36.0 Å². The van der Waals surface area contributed by atoms with Gasteiger partial charge in [-0.15, -0.1) is 0 Å². The second kappa shape index (κ2) is 9.60. The van der Waals surface area contributed by atoms with Crippen LogP contribution in [0.2, 0.25) is 0 Å². The summed E-state index contributed by atoms with van der Waals surface area (Å²) in [6, 6.07) is 7.49. The Kier molecular flexibility index (Phi) is 6.77. The molecule has 2 aliphatic rings. The van der Waals surface area contributed by atoms with E-state index in [1.165, 1.54) is 10.7 Å². The summed E-state index contributed by atoms with van der Waals surface area (Å²) in [6.07, 6.45) is 5.88. The summed E-state index contributed by atoms with van der Waals surface area (Å²) >= 11 is 0. The molecule has 0 saturated heterocycles. The molecule has 2 heterocycles. The number of carbonyl (C=O) groups excluding carboxylic acids is 3. The van der Waals surface area contributed by atoms with Gasteiger partial charge in [0.15, 0.2) is 5.69 Å². The van der Waals surface area contributed by atoms with Crippen molar-refractivity contribution in [3.8, 4) is 0 Å². The Morgan fingerprint density at radius 1 is 1.18 bits per heavy atom. The number of carbonyl (C=O) groups is 3. The van der Waals surface area contributed by atoms with Crippen LogP contribution in [0.4, 0.5) is 5.69 Å². The standard InChI is InChI=1S/C26H35N5O3/c1-5-6-13-30-24(33)22-15-21(23(32)28-20-12-11-17(2)14-18(20)3)29-31(22)16-26(30,4)25(34)27-19-9-7-8-10-19/h11-12,14-15,19H,5-10,13,16H2,1-4H3,(H,27,34)(H,28,32). The molecular formula is C26H35N5O3. The van der Waals surface area contributed by atoms with Gasteiger partial charge in [0.05, 0.1) is 6.54 Å². The fourth-order valence-corrected chi connectivity index (χ4v) is 4.97. The molecule has 1 aromatic carbocycles. The zero-order valence-corrected chi connectivity index (χ0v) is 20.6. The summed E-state index contributed by atoms with van der Waals surface area (Å²) in [5.41, 5.74) is 2.22. The predicted molar refractivity (Wildman–Crippen MR) is 131 cm³/mol. The van der Waals surface area contributed by atoms with Crippen LogP contribution in [-0.2, 0) is 11.3 Å². The van der Waals surface area contributed by atoms with Crippen LogP contribution >= 0.6 is 0 Å². The smallest absolute Gasteiger partial charge is 0.276 e. The van der Waals surface area contributed by atoms with Gasteiger partial charge in [-0.1, -0.05) is 43.9 Å². The molecule has 0 spiro atoms. The molecule has 1 unspecified atom stereocenters. The Bertz CT molecular complexity index is 1100. The second-order valence-corrected chi connectivity index (χ2v) is 9.88. The quantitative estimate of drug-likeness (QED) is 0.650. The van der Waals surface area contributed by atoms with Gasteiger partial charge in [-0.2, -0.15) is 5.10 Å². The highest BCUT2D eigenvalue weighted by molar-refractivity contribution is 6.06. The van der Waals surface area contributed by atoms with E-state index in [2.05, 4.69) is 22.7 Å². The summed E-state index contributed by atoms with van der Waals surface area (Å²) in [7, 11) is 0. The number of rotatable bonds is 7. The average molecular weight is 466 g/mol. The van der Waals surface area contributed by atoms with Gasteiger partial charge in [-0.25, -0.2) is 0 Å². The average Bonchev–Trinajstić information content (AvgIpc) is 3.45. The van der Waals surface area contributed by atoms with Gasteiger partial charge in [0.2, 0.25) is 5.91 Å². The van der Waals surface area contributed by atoms with Gasteiger partial charge in [0.1, 0.15) is 11.2 Å². The van der Waals surface area contributed by atoms with E-state index in [1.54, 1.807) is 4.90 Å². The van der Waals surface area contributed by atoms with Crippen LogP contribution in [0.3, 0.4) is 0 Å². The highest BCUT2D eigenvalue weighted by Crippen LogP contribution is 2.29. The summed E-state index contributed by atoms with van der Waals surface area (Å²) in [6.45, 7) is 8.50. The van der Waals surface area contributed by atoms with Crippen LogP contribution in [0.5, 0.6) is 0 Å². The van der Waals surface area contributed by atoms with E-state index in [0.717, 1.165) is 49.7 Å². The van der Waals surface area contributed by atoms with Crippen molar-refractivity contribution in [2.45, 2.75) is 84.3 Å². The number of aryl methyl sites for hydroxylation is 2. The SMILES string of the molecule is CCCCN1C(=O)c2cc(C(=O)Nc3ccc(C)cc3C)nn2CC1(C)C(=O)NC1CCCC1. The summed E-state index contributed by atoms with van der Waals surface area (Å²) < 4.78 is 1.52. The van der Waals surface area contributed by atoms with E-state index >= 15 is 0 Å². The molecule has 2 N–H and O–H groups in total. The zero-order chi connectivity index (χ0) is 24.5. The lowest BCUT2D eigenvalue weighted by Crippen LogP contribution is -2.65. The normalized spacial score (nSPS) is 20.4. The summed E-state index contributed by atoms with van der Waals surface area (Å²) in [5, 5.41) is 10.5. The number of amides is 3. The number of benzene rings is 1. The van der Waals surface area contributed by atoms with Gasteiger partial charge in [-0.3, -0.25) is 19.1 Å². The van der Waals surface area contributed by atoms with Crippen molar-refractivity contribution in [3.63, 3.8) is 0 Å². The number of hydrogen-bond acceptors (Lipinski definition) is 4. The molecule has 1 atom stereocenters. The molecule has 2 aromatic rings. The van der Waals surface area contributed by atoms with E-state index in [0.29, 0.717) is 17.9 Å². The van der Waals surface area contributed by atoms with Crippen LogP contribution in [0.15, 0.2) is 24.3 Å². The zero-order valence-electron chi connectivity index (χ0n) is 20.6. The lowest BCUT2D eigenvalue weighted by Gasteiger charge is -2.43. The lowest BCUT2D eigenvalue weighted by atomic mass is 9.94. The van der Waals surface area contributed by atoms with E-state index in [9.17, 15) is 14.4 Å². The van der Waals surface area contributed by atoms with E-state index in [1.807, 2.05) is 39.0 Å². The van der Waals surface area contributed by atoms with Crippen LogP contribution in [-0.4, -0.2) is 50.5 Å². The minimum atomic E-state index is -1.06. The first-order chi connectivity index (χ1) is 16.2. The predicted octanol–water partition coefficient (Wildman–Crippen LogP) is 3.83. The number of nitrogens with one attached hydrogen (secondary N) is 2. The maximum absolute atomic E-state index is 13.5. The van der Waals surface area contributed by atoms with Gasteiger partial charge in [0, 0.05) is 24.3 Å². The number of unbranched alkanes of at least 4 members (excludes halogenated alkanes) is 1. The lowest BCUT2D eigenvalue weighted by molar-refractivity contribution is -0.133. The van der Waals surface area contributed by atoms with Gasteiger partial charge in [0.25, 0.3) is 11.8 Å². The van der Waals surface area contributed by atoms with Crippen molar-refractivity contribution in [2.24, 2.45) is 0 Å². The molecule has 1 aromatic heterocycles. The topological polar surface area (TPSA) is 96.3 Å². The monoisotopic (exact) mass is 465 g/mol. The fraction of sp³-hybridized carbons (Fsp3) is 0.538. The minimum Gasteiger partial charge on any atom is -0.351 e. The first-order valence-corrected chi connectivity index (χ1v) is 12.3. The number of fused-ring (bicyclic) bond motifs is 1. The molecule has 182 valence electrons. The van der Waals surface area contributed by atoms with Gasteiger partial charge < -0.3 is 15.5 Å². The fourth-order valence-electron chi connectivity index (χ4n) is 4.97. The van der Waals surface area contributed by atoms with E-state index in [4.69, 9.17) is 0 Å². The molecule has 3 amide bonds. The van der Waals surface area contributed by atoms with E-state index < -0.39 is 5.54 Å². The Morgan fingerprint density at radius 2 is 1.91 bits per heavy atom. The molecule has 0 radical (unpaired) electrons. The van der Waals surface area contributed by atoms with Crippen molar-refractivity contribution in [1.82, 2.24) is 20.0 Å². The third-order valence-corrected chi connectivity index (χ3v) is 7.08. The van der Waals surface area contributed by atoms with Gasteiger partial charge >= 0.3 is 0 Å². The maximum atomic E-state index is 13.5.